The van der Waals surface area contributed by atoms with Crippen LogP contribution in [0.1, 0.15) is 5.56 Å². The van der Waals surface area contributed by atoms with E-state index >= 15 is 0 Å². The van der Waals surface area contributed by atoms with Gasteiger partial charge in [0.2, 0.25) is 0 Å². The van der Waals surface area contributed by atoms with Crippen LogP contribution in [0.25, 0.3) is 0 Å². The summed E-state index contributed by atoms with van der Waals surface area (Å²) in [5, 5.41) is 3.16. The zero-order chi connectivity index (χ0) is 12.1. The summed E-state index contributed by atoms with van der Waals surface area (Å²) in [5.41, 5.74) is 3.70. The van der Waals surface area contributed by atoms with Crippen LogP contribution in [-0.2, 0) is 6.54 Å². The smallest absolute Gasteiger partial charge is 0.0426 e. The summed E-state index contributed by atoms with van der Waals surface area (Å²) in [6.45, 7) is 0.916. The lowest BCUT2D eigenvalue weighted by Crippen LogP contribution is -2.16. The average Bonchev–Trinajstić information content (AvgIpc) is 2.40. The van der Waals surface area contributed by atoms with E-state index in [1.54, 1.807) is 0 Å². The Kier molecular flexibility index (Phi) is 3.66. The molecule has 0 aliphatic rings. The minimum absolute atomic E-state index is 0.916. The Morgan fingerprint density at radius 3 is 2.47 bits per heavy atom. The van der Waals surface area contributed by atoms with E-state index in [0.717, 1.165) is 12.2 Å². The summed E-state index contributed by atoms with van der Waals surface area (Å²) >= 11 is 0. The molecule has 0 aromatic heterocycles. The van der Waals surface area contributed by atoms with Crippen LogP contribution in [0.5, 0.6) is 0 Å². The van der Waals surface area contributed by atoms with Gasteiger partial charge in [0.15, 0.2) is 0 Å². The van der Waals surface area contributed by atoms with Gasteiger partial charge in [-0.05, 0) is 29.8 Å². The first-order valence-corrected chi connectivity index (χ1v) is 5.82. The van der Waals surface area contributed by atoms with Crippen LogP contribution >= 0.6 is 0 Å². The Bertz CT molecular complexity index is 465. The van der Waals surface area contributed by atoms with Crippen LogP contribution in [-0.4, -0.2) is 14.1 Å². The number of nitrogens with zero attached hydrogens (tertiary/aromatic N) is 1. The van der Waals surface area contributed by atoms with Crippen LogP contribution in [0, 0.1) is 0 Å². The Morgan fingerprint density at radius 1 is 1.00 bits per heavy atom. The monoisotopic (exact) mass is 226 g/mol. The molecule has 2 heteroatoms. The minimum atomic E-state index is 0.916. The van der Waals surface area contributed by atoms with Gasteiger partial charge in [-0.1, -0.05) is 30.3 Å². The maximum Gasteiger partial charge on any atom is 0.0426 e. The third-order valence-corrected chi connectivity index (χ3v) is 2.83. The van der Waals surface area contributed by atoms with E-state index in [1.807, 2.05) is 13.1 Å². The van der Waals surface area contributed by atoms with Crippen LogP contribution in [0.2, 0.25) is 0 Å². The molecule has 0 unspecified atom stereocenters. The van der Waals surface area contributed by atoms with Crippen molar-refractivity contribution in [1.82, 2.24) is 0 Å². The van der Waals surface area contributed by atoms with E-state index in [-0.39, 0.29) is 0 Å². The van der Waals surface area contributed by atoms with Gasteiger partial charge in [0.25, 0.3) is 0 Å². The van der Waals surface area contributed by atoms with Crippen LogP contribution in [0.4, 0.5) is 11.4 Å². The molecular weight excluding hydrogens is 208 g/mol. The molecule has 0 radical (unpaired) electrons. The van der Waals surface area contributed by atoms with Gasteiger partial charge in [-0.15, -0.1) is 0 Å². The van der Waals surface area contributed by atoms with Crippen molar-refractivity contribution in [3.05, 3.63) is 60.2 Å². The first-order chi connectivity index (χ1) is 8.29. The SMILES string of the molecule is CNc1cccc(CN(C)c2ccccc2)c1. The fourth-order valence-electron chi connectivity index (χ4n) is 1.87. The normalized spacial score (nSPS) is 10.0. The fraction of sp³-hybridized carbons (Fsp3) is 0.200. The van der Waals surface area contributed by atoms with Crippen molar-refractivity contribution >= 4 is 11.4 Å². The third kappa shape index (κ3) is 3.00. The fourth-order valence-corrected chi connectivity index (χ4v) is 1.87. The maximum atomic E-state index is 3.16. The number of hydrogen-bond acceptors (Lipinski definition) is 2. The second-order valence-electron chi connectivity index (χ2n) is 4.14. The lowest BCUT2D eigenvalue weighted by molar-refractivity contribution is 0.923. The Hall–Kier alpha value is -1.96. The Labute approximate surface area is 103 Å². The van der Waals surface area contributed by atoms with Crippen molar-refractivity contribution in [3.8, 4) is 0 Å². The highest BCUT2D eigenvalue weighted by Gasteiger charge is 2.01. The number of benzene rings is 2. The molecule has 17 heavy (non-hydrogen) atoms. The van der Waals surface area contributed by atoms with Gasteiger partial charge in [0, 0.05) is 32.0 Å². The van der Waals surface area contributed by atoms with Gasteiger partial charge >= 0.3 is 0 Å². The van der Waals surface area contributed by atoms with Crippen LogP contribution in [0.15, 0.2) is 54.6 Å². The summed E-state index contributed by atoms with van der Waals surface area (Å²) in [5.74, 6) is 0. The van der Waals surface area contributed by atoms with Gasteiger partial charge in [0.1, 0.15) is 0 Å². The predicted molar refractivity (Wildman–Crippen MR) is 74.5 cm³/mol. The lowest BCUT2D eigenvalue weighted by Gasteiger charge is -2.19. The topological polar surface area (TPSA) is 15.3 Å². The zero-order valence-corrected chi connectivity index (χ0v) is 10.4. The van der Waals surface area contributed by atoms with Crippen molar-refractivity contribution < 1.29 is 0 Å². The number of nitrogens with one attached hydrogen (secondary N) is 1. The molecule has 2 aromatic carbocycles. The van der Waals surface area contributed by atoms with Crippen molar-refractivity contribution in [2.45, 2.75) is 6.54 Å². The van der Waals surface area contributed by atoms with E-state index in [1.165, 1.54) is 11.3 Å². The third-order valence-electron chi connectivity index (χ3n) is 2.83. The Balaban J connectivity index is 2.10. The van der Waals surface area contributed by atoms with Crippen LogP contribution < -0.4 is 10.2 Å². The molecule has 0 bridgehead atoms. The molecule has 0 fully saturated rings. The van der Waals surface area contributed by atoms with E-state index < -0.39 is 0 Å². The summed E-state index contributed by atoms with van der Waals surface area (Å²) in [6.07, 6.45) is 0. The van der Waals surface area contributed by atoms with Crippen molar-refractivity contribution in [2.75, 3.05) is 24.3 Å². The molecule has 0 atom stereocenters. The van der Waals surface area contributed by atoms with Crippen molar-refractivity contribution in [1.29, 1.82) is 0 Å². The van der Waals surface area contributed by atoms with E-state index in [4.69, 9.17) is 0 Å². The molecule has 2 aromatic rings. The lowest BCUT2D eigenvalue weighted by atomic mass is 10.2. The number of anilines is 2. The van der Waals surface area contributed by atoms with Crippen molar-refractivity contribution in [2.24, 2.45) is 0 Å². The first-order valence-electron chi connectivity index (χ1n) is 5.82. The molecular formula is C15H18N2. The van der Waals surface area contributed by atoms with Gasteiger partial charge in [-0.25, -0.2) is 0 Å². The largest absolute Gasteiger partial charge is 0.388 e. The molecule has 2 nitrogen and oxygen atoms in total. The van der Waals surface area contributed by atoms with E-state index in [0.29, 0.717) is 0 Å². The molecule has 0 aliphatic carbocycles. The molecule has 0 heterocycles. The highest BCUT2D eigenvalue weighted by atomic mass is 15.1. The first kappa shape index (κ1) is 11.5. The molecule has 88 valence electrons. The maximum absolute atomic E-state index is 3.16. The number of rotatable bonds is 4. The van der Waals surface area contributed by atoms with Gasteiger partial charge in [-0.3, -0.25) is 0 Å². The molecule has 0 saturated carbocycles. The zero-order valence-electron chi connectivity index (χ0n) is 10.4. The highest BCUT2D eigenvalue weighted by molar-refractivity contribution is 5.49. The molecule has 0 saturated heterocycles. The minimum Gasteiger partial charge on any atom is -0.388 e. The van der Waals surface area contributed by atoms with E-state index in [9.17, 15) is 0 Å². The van der Waals surface area contributed by atoms with Gasteiger partial charge in [-0.2, -0.15) is 0 Å². The Morgan fingerprint density at radius 2 is 1.76 bits per heavy atom. The summed E-state index contributed by atoms with van der Waals surface area (Å²) in [6, 6.07) is 18.9. The van der Waals surface area contributed by atoms with Gasteiger partial charge < -0.3 is 10.2 Å². The number of para-hydroxylation sites is 1. The summed E-state index contributed by atoms with van der Waals surface area (Å²) in [7, 11) is 4.06. The standard InChI is InChI=1S/C15H18N2/c1-16-14-8-6-7-13(11-14)12-17(2)15-9-4-3-5-10-15/h3-11,16H,12H2,1-2H3. The second kappa shape index (κ2) is 5.39. The second-order valence-corrected chi connectivity index (χ2v) is 4.14. The highest BCUT2D eigenvalue weighted by Crippen LogP contribution is 2.16. The number of hydrogen-bond donors (Lipinski definition) is 1. The summed E-state index contributed by atoms with van der Waals surface area (Å²) in [4.78, 5) is 2.24. The molecule has 1 N–H and O–H groups in total. The van der Waals surface area contributed by atoms with Crippen molar-refractivity contribution in [3.63, 3.8) is 0 Å². The van der Waals surface area contributed by atoms with E-state index in [2.05, 4.69) is 65.8 Å². The van der Waals surface area contributed by atoms with Crippen LogP contribution in [0.3, 0.4) is 0 Å². The molecule has 0 aliphatic heterocycles. The van der Waals surface area contributed by atoms with Gasteiger partial charge in [0.05, 0.1) is 0 Å². The predicted octanol–water partition coefficient (Wildman–Crippen LogP) is 3.36. The quantitative estimate of drug-likeness (QED) is 0.860. The average molecular weight is 226 g/mol. The molecule has 0 amide bonds. The summed E-state index contributed by atoms with van der Waals surface area (Å²) < 4.78 is 0. The molecule has 0 spiro atoms. The molecule has 2 rings (SSSR count).